The van der Waals surface area contributed by atoms with Gasteiger partial charge in [0.15, 0.2) is 0 Å². The molecule has 35 heavy (non-hydrogen) atoms. The number of nitrogens with zero attached hydrogens (tertiary/aromatic N) is 3. The van der Waals surface area contributed by atoms with Gasteiger partial charge in [-0.2, -0.15) is 18.0 Å². The van der Waals surface area contributed by atoms with Gasteiger partial charge in [-0.1, -0.05) is 60.5 Å². The fourth-order valence-corrected chi connectivity index (χ4v) is 5.43. The molecule has 1 fully saturated rings. The van der Waals surface area contributed by atoms with Crippen molar-refractivity contribution in [1.29, 1.82) is 0 Å². The summed E-state index contributed by atoms with van der Waals surface area (Å²) >= 11 is 0. The van der Waals surface area contributed by atoms with Gasteiger partial charge in [0.25, 0.3) is 10.0 Å². The van der Waals surface area contributed by atoms with Crippen molar-refractivity contribution in [1.82, 2.24) is 14.4 Å². The molecule has 0 aliphatic heterocycles. The van der Waals surface area contributed by atoms with Crippen molar-refractivity contribution >= 4 is 22.1 Å². The average Bonchev–Trinajstić information content (AvgIpc) is 3.32. The molecule has 1 aliphatic rings. The minimum absolute atomic E-state index is 0.105. The molecule has 2 aromatic carbocycles. The molecular weight excluding hydrogens is 470 g/mol. The SMILES string of the molecule is CCOC(=O)[C@H]1C[C@H](CC)C1c1ccc(-c2cn(S(=O)(=O)c3ccc(C)cc3)nn2)cc1.O=C=O. The molecule has 0 N–H and O–H groups in total. The summed E-state index contributed by atoms with van der Waals surface area (Å²) in [4.78, 5) is 28.7. The monoisotopic (exact) mass is 497 g/mol. The second-order valence-corrected chi connectivity index (χ2v) is 10.1. The molecule has 4 rings (SSSR count). The third-order valence-electron chi connectivity index (χ3n) is 6.24. The van der Waals surface area contributed by atoms with E-state index < -0.39 is 10.0 Å². The predicted molar refractivity (Wildman–Crippen MR) is 125 cm³/mol. The van der Waals surface area contributed by atoms with Crippen LogP contribution >= 0.6 is 0 Å². The number of hydrogen-bond acceptors (Lipinski definition) is 8. The van der Waals surface area contributed by atoms with Crippen LogP contribution in [-0.2, 0) is 29.1 Å². The van der Waals surface area contributed by atoms with Crippen molar-refractivity contribution in [3.8, 4) is 11.3 Å². The van der Waals surface area contributed by atoms with Crippen LogP contribution in [0.5, 0.6) is 0 Å². The van der Waals surface area contributed by atoms with Gasteiger partial charge < -0.3 is 4.74 Å². The van der Waals surface area contributed by atoms with E-state index in [1.54, 1.807) is 24.3 Å². The van der Waals surface area contributed by atoms with Gasteiger partial charge in [0.2, 0.25) is 0 Å². The maximum absolute atomic E-state index is 12.8. The molecule has 1 aliphatic carbocycles. The van der Waals surface area contributed by atoms with Crippen LogP contribution in [0.25, 0.3) is 11.3 Å². The van der Waals surface area contributed by atoms with E-state index in [0.29, 0.717) is 18.2 Å². The average molecular weight is 498 g/mol. The number of carbonyl (C=O) groups is 1. The maximum Gasteiger partial charge on any atom is 0.373 e. The Labute approximate surface area is 204 Å². The number of benzene rings is 2. The lowest BCUT2D eigenvalue weighted by Gasteiger charge is -2.43. The van der Waals surface area contributed by atoms with E-state index in [4.69, 9.17) is 14.3 Å². The first-order valence-corrected chi connectivity index (χ1v) is 12.7. The van der Waals surface area contributed by atoms with Crippen molar-refractivity contribution in [2.45, 2.75) is 44.4 Å². The third-order valence-corrected chi connectivity index (χ3v) is 7.78. The summed E-state index contributed by atoms with van der Waals surface area (Å²) in [6.45, 7) is 6.25. The van der Waals surface area contributed by atoms with E-state index in [9.17, 15) is 13.2 Å². The fourth-order valence-electron chi connectivity index (χ4n) is 4.36. The molecule has 1 saturated carbocycles. The Morgan fingerprint density at radius 3 is 2.29 bits per heavy atom. The van der Waals surface area contributed by atoms with E-state index in [0.717, 1.165) is 33.6 Å². The van der Waals surface area contributed by atoms with E-state index in [1.807, 2.05) is 38.1 Å². The highest BCUT2D eigenvalue weighted by Gasteiger charge is 2.45. The Kier molecular flexibility index (Phi) is 8.32. The lowest BCUT2D eigenvalue weighted by Crippen LogP contribution is -2.40. The summed E-state index contributed by atoms with van der Waals surface area (Å²) in [5.74, 6) is 0.364. The van der Waals surface area contributed by atoms with Crippen molar-refractivity contribution in [2.75, 3.05) is 6.61 Å². The maximum atomic E-state index is 12.8. The predicted octanol–water partition coefficient (Wildman–Crippen LogP) is 3.60. The Morgan fingerprint density at radius 1 is 1.09 bits per heavy atom. The molecule has 1 heterocycles. The molecule has 1 unspecified atom stereocenters. The molecule has 3 aromatic rings. The van der Waals surface area contributed by atoms with Crippen molar-refractivity contribution in [3.05, 3.63) is 65.9 Å². The zero-order valence-corrected chi connectivity index (χ0v) is 20.6. The largest absolute Gasteiger partial charge is 0.466 e. The Bertz CT molecular complexity index is 1290. The Balaban J connectivity index is 0.00000108. The van der Waals surface area contributed by atoms with Gasteiger partial charge in [-0.05, 0) is 43.9 Å². The Morgan fingerprint density at radius 2 is 1.71 bits per heavy atom. The van der Waals surface area contributed by atoms with Gasteiger partial charge >= 0.3 is 12.1 Å². The molecule has 0 spiro atoms. The first-order valence-electron chi connectivity index (χ1n) is 11.3. The van der Waals surface area contributed by atoms with Crippen LogP contribution in [0.2, 0.25) is 0 Å². The van der Waals surface area contributed by atoms with Crippen LogP contribution in [0, 0.1) is 18.8 Å². The smallest absolute Gasteiger partial charge is 0.373 e. The van der Waals surface area contributed by atoms with Gasteiger partial charge in [-0.3, -0.25) is 4.79 Å². The van der Waals surface area contributed by atoms with E-state index >= 15 is 0 Å². The summed E-state index contributed by atoms with van der Waals surface area (Å²) in [6.07, 6.45) is 3.53. The standard InChI is InChI=1S/C24H27N3O4S.CO2/c1-4-17-14-21(24(28)31-5-2)23(17)19-10-8-18(9-11-19)22-15-27(26-25-22)32(29,30)20-12-6-16(3)7-13-20;2-1-3/h6-13,15,17,21,23H,4-5,14H2,1-3H3;/t17-,21-,23?;/m0./s1. The number of hydrogen-bond donors (Lipinski definition) is 0. The normalized spacial score (nSPS) is 19.0. The van der Waals surface area contributed by atoms with Crippen LogP contribution in [-0.4, -0.2) is 41.5 Å². The van der Waals surface area contributed by atoms with Crippen LogP contribution in [0.4, 0.5) is 0 Å². The fraction of sp³-hybridized carbons (Fsp3) is 0.360. The van der Waals surface area contributed by atoms with Gasteiger partial charge in [-0.15, -0.1) is 9.19 Å². The lowest BCUT2D eigenvalue weighted by atomic mass is 9.61. The zero-order valence-electron chi connectivity index (χ0n) is 19.7. The summed E-state index contributed by atoms with van der Waals surface area (Å²) in [6, 6.07) is 14.4. The summed E-state index contributed by atoms with van der Waals surface area (Å²) in [5, 5.41) is 7.91. The molecule has 3 atom stereocenters. The molecule has 9 nitrogen and oxygen atoms in total. The van der Waals surface area contributed by atoms with Crippen molar-refractivity contribution < 1.29 is 27.5 Å². The van der Waals surface area contributed by atoms with Crippen LogP contribution in [0.1, 0.15) is 43.7 Å². The first-order chi connectivity index (χ1) is 16.8. The second-order valence-electron chi connectivity index (χ2n) is 8.29. The summed E-state index contributed by atoms with van der Waals surface area (Å²) in [5.41, 5.74) is 3.30. The number of esters is 1. The number of rotatable bonds is 7. The molecule has 10 heteroatoms. The molecular formula is C25H27N3O6S. The third kappa shape index (κ3) is 5.55. The van der Waals surface area contributed by atoms with Crippen LogP contribution < -0.4 is 0 Å². The topological polar surface area (TPSA) is 125 Å². The van der Waals surface area contributed by atoms with E-state index in [-0.39, 0.29) is 28.9 Å². The highest BCUT2D eigenvalue weighted by Crippen LogP contribution is 2.50. The van der Waals surface area contributed by atoms with E-state index in [1.165, 1.54) is 6.20 Å². The van der Waals surface area contributed by atoms with Crippen LogP contribution in [0.3, 0.4) is 0 Å². The zero-order chi connectivity index (χ0) is 25.6. The van der Waals surface area contributed by atoms with Gasteiger partial charge in [0, 0.05) is 11.5 Å². The molecule has 0 radical (unpaired) electrons. The van der Waals surface area contributed by atoms with Crippen LogP contribution in [0.15, 0.2) is 59.6 Å². The Hall–Kier alpha value is -3.62. The summed E-state index contributed by atoms with van der Waals surface area (Å²) < 4.78 is 31.8. The molecule has 1 aromatic heterocycles. The number of ether oxygens (including phenoxy) is 1. The number of aromatic nitrogens is 3. The van der Waals surface area contributed by atoms with E-state index in [2.05, 4.69) is 17.2 Å². The van der Waals surface area contributed by atoms with Crippen molar-refractivity contribution in [3.63, 3.8) is 0 Å². The minimum atomic E-state index is -3.80. The highest BCUT2D eigenvalue weighted by molar-refractivity contribution is 7.89. The number of aryl methyl sites for hydroxylation is 1. The second kappa shape index (κ2) is 11.2. The van der Waals surface area contributed by atoms with Gasteiger partial charge in [-0.25, -0.2) is 0 Å². The van der Waals surface area contributed by atoms with Gasteiger partial charge in [0.1, 0.15) is 5.69 Å². The lowest BCUT2D eigenvalue weighted by molar-refractivity contribution is -0.191. The molecule has 0 bridgehead atoms. The molecule has 0 saturated heterocycles. The quantitative estimate of drug-likeness (QED) is 0.453. The molecule has 184 valence electrons. The van der Waals surface area contributed by atoms with Crippen molar-refractivity contribution in [2.24, 2.45) is 11.8 Å². The van der Waals surface area contributed by atoms with Gasteiger partial charge in [0.05, 0.1) is 23.6 Å². The number of carbonyl (C=O) groups excluding carboxylic acids is 3. The molecule has 0 amide bonds. The first kappa shape index (κ1) is 26.0. The summed E-state index contributed by atoms with van der Waals surface area (Å²) in [7, 11) is -3.80. The minimum Gasteiger partial charge on any atom is -0.466 e. The highest BCUT2D eigenvalue weighted by atomic mass is 32.2.